The lowest BCUT2D eigenvalue weighted by Crippen LogP contribution is -2.29. The summed E-state index contributed by atoms with van der Waals surface area (Å²) in [5.74, 6) is 0.223. The third-order valence-corrected chi connectivity index (χ3v) is 2.95. The van der Waals surface area contributed by atoms with Gasteiger partial charge in [-0.2, -0.15) is 0 Å². The van der Waals surface area contributed by atoms with E-state index in [2.05, 4.69) is 11.1 Å². The predicted molar refractivity (Wildman–Crippen MR) is 69.6 cm³/mol. The third kappa shape index (κ3) is 2.33. The SMILES string of the molecule is CC(C)C(=O)N(C)Cc1c[nH]c2ccccc12. The standard InChI is InChI=1S/C14H18N2O/c1-10(2)14(17)16(3)9-11-8-15-13-7-5-4-6-12(11)13/h4-8,10,15H,9H2,1-3H3. The van der Waals surface area contributed by atoms with Gasteiger partial charge in [-0.15, -0.1) is 0 Å². The first kappa shape index (κ1) is 11.7. The second kappa shape index (κ2) is 4.62. The zero-order valence-corrected chi connectivity index (χ0v) is 10.5. The van der Waals surface area contributed by atoms with Crippen LogP contribution in [0.4, 0.5) is 0 Å². The summed E-state index contributed by atoms with van der Waals surface area (Å²) >= 11 is 0. The van der Waals surface area contributed by atoms with Gasteiger partial charge in [0.2, 0.25) is 5.91 Å². The van der Waals surface area contributed by atoms with Crippen LogP contribution in [0, 0.1) is 5.92 Å². The van der Waals surface area contributed by atoms with Crippen molar-refractivity contribution in [1.29, 1.82) is 0 Å². The molecule has 1 heterocycles. The topological polar surface area (TPSA) is 36.1 Å². The minimum Gasteiger partial charge on any atom is -0.361 e. The molecule has 90 valence electrons. The van der Waals surface area contributed by atoms with Crippen molar-refractivity contribution in [2.75, 3.05) is 7.05 Å². The van der Waals surface area contributed by atoms with Gasteiger partial charge >= 0.3 is 0 Å². The Bertz CT molecular complexity index is 528. The van der Waals surface area contributed by atoms with Crippen LogP contribution < -0.4 is 0 Å². The second-order valence-electron chi connectivity index (χ2n) is 4.71. The first-order chi connectivity index (χ1) is 8.09. The van der Waals surface area contributed by atoms with Gasteiger partial charge in [-0.05, 0) is 11.6 Å². The smallest absolute Gasteiger partial charge is 0.225 e. The number of rotatable bonds is 3. The Hall–Kier alpha value is -1.77. The van der Waals surface area contributed by atoms with Crippen molar-refractivity contribution >= 4 is 16.8 Å². The molecule has 0 saturated carbocycles. The van der Waals surface area contributed by atoms with Gasteiger partial charge in [0.15, 0.2) is 0 Å². The summed E-state index contributed by atoms with van der Waals surface area (Å²) in [5.41, 5.74) is 2.28. The number of aromatic amines is 1. The molecule has 3 heteroatoms. The number of carbonyl (C=O) groups excluding carboxylic acids is 1. The highest BCUT2D eigenvalue weighted by atomic mass is 16.2. The normalized spacial score (nSPS) is 11.1. The number of hydrogen-bond acceptors (Lipinski definition) is 1. The van der Waals surface area contributed by atoms with Crippen LogP contribution in [0.1, 0.15) is 19.4 Å². The summed E-state index contributed by atoms with van der Waals surface area (Å²) in [5, 5.41) is 1.19. The zero-order chi connectivity index (χ0) is 12.4. The highest BCUT2D eigenvalue weighted by molar-refractivity contribution is 5.84. The number of fused-ring (bicyclic) bond motifs is 1. The Labute approximate surface area is 101 Å². The minimum absolute atomic E-state index is 0.0465. The van der Waals surface area contributed by atoms with E-state index in [1.165, 1.54) is 5.39 Å². The molecule has 0 spiro atoms. The van der Waals surface area contributed by atoms with E-state index in [9.17, 15) is 4.79 Å². The van der Waals surface area contributed by atoms with Gasteiger partial charge < -0.3 is 9.88 Å². The average molecular weight is 230 g/mol. The van der Waals surface area contributed by atoms with E-state index in [1.54, 1.807) is 4.90 Å². The van der Waals surface area contributed by atoms with E-state index in [0.29, 0.717) is 6.54 Å². The summed E-state index contributed by atoms with van der Waals surface area (Å²) in [6, 6.07) is 8.15. The first-order valence-electron chi connectivity index (χ1n) is 5.89. The maximum Gasteiger partial charge on any atom is 0.225 e. The van der Waals surface area contributed by atoms with E-state index >= 15 is 0 Å². The van der Waals surface area contributed by atoms with Crippen LogP contribution >= 0.6 is 0 Å². The van der Waals surface area contributed by atoms with Crippen molar-refractivity contribution in [2.45, 2.75) is 20.4 Å². The third-order valence-electron chi connectivity index (χ3n) is 2.95. The molecule has 1 N–H and O–H groups in total. The molecular weight excluding hydrogens is 212 g/mol. The number of H-pyrrole nitrogens is 1. The van der Waals surface area contributed by atoms with Gasteiger partial charge in [-0.3, -0.25) is 4.79 Å². The lowest BCUT2D eigenvalue weighted by atomic mass is 10.1. The van der Waals surface area contributed by atoms with Crippen molar-refractivity contribution in [2.24, 2.45) is 5.92 Å². The number of nitrogens with one attached hydrogen (secondary N) is 1. The summed E-state index contributed by atoms with van der Waals surface area (Å²) in [6.07, 6.45) is 1.98. The summed E-state index contributed by atoms with van der Waals surface area (Å²) in [7, 11) is 1.85. The number of hydrogen-bond donors (Lipinski definition) is 1. The van der Waals surface area contributed by atoms with Crippen LogP contribution in [0.2, 0.25) is 0 Å². The van der Waals surface area contributed by atoms with Gasteiger partial charge in [-0.25, -0.2) is 0 Å². The summed E-state index contributed by atoms with van der Waals surface area (Å²) < 4.78 is 0. The predicted octanol–water partition coefficient (Wildman–Crippen LogP) is 2.78. The molecule has 1 amide bonds. The first-order valence-corrected chi connectivity index (χ1v) is 5.89. The van der Waals surface area contributed by atoms with Gasteiger partial charge in [0.25, 0.3) is 0 Å². The fraction of sp³-hybridized carbons (Fsp3) is 0.357. The monoisotopic (exact) mass is 230 g/mol. The molecular formula is C14H18N2O. The van der Waals surface area contributed by atoms with E-state index in [1.807, 2.05) is 45.3 Å². The highest BCUT2D eigenvalue weighted by Gasteiger charge is 2.14. The summed E-state index contributed by atoms with van der Waals surface area (Å²) in [4.78, 5) is 16.8. The van der Waals surface area contributed by atoms with Crippen LogP contribution in [-0.4, -0.2) is 22.8 Å². The van der Waals surface area contributed by atoms with Crippen molar-refractivity contribution in [1.82, 2.24) is 9.88 Å². The summed E-state index contributed by atoms with van der Waals surface area (Å²) in [6.45, 7) is 4.50. The number of benzene rings is 1. The van der Waals surface area contributed by atoms with Gasteiger partial charge in [0.05, 0.1) is 0 Å². The molecule has 0 unspecified atom stereocenters. The minimum atomic E-state index is 0.0465. The molecule has 1 aromatic carbocycles. The fourth-order valence-electron chi connectivity index (χ4n) is 2.04. The van der Waals surface area contributed by atoms with Gasteiger partial charge in [0, 0.05) is 36.6 Å². The molecule has 0 saturated heterocycles. The number of aromatic nitrogens is 1. The quantitative estimate of drug-likeness (QED) is 0.864. The molecule has 17 heavy (non-hydrogen) atoms. The Balaban J connectivity index is 2.21. The molecule has 0 atom stereocenters. The average Bonchev–Trinajstić information content (AvgIpc) is 2.71. The Morgan fingerprint density at radius 1 is 1.35 bits per heavy atom. The number of nitrogens with zero attached hydrogens (tertiary/aromatic N) is 1. The molecule has 2 aromatic rings. The van der Waals surface area contributed by atoms with Crippen molar-refractivity contribution in [3.63, 3.8) is 0 Å². The Morgan fingerprint density at radius 3 is 2.76 bits per heavy atom. The fourth-order valence-corrected chi connectivity index (χ4v) is 2.04. The van der Waals surface area contributed by atoms with Crippen LogP contribution in [0.25, 0.3) is 10.9 Å². The molecule has 0 aliphatic carbocycles. The van der Waals surface area contributed by atoms with Crippen molar-refractivity contribution in [3.05, 3.63) is 36.0 Å². The number of para-hydroxylation sites is 1. The molecule has 0 fully saturated rings. The molecule has 2 rings (SSSR count). The highest BCUT2D eigenvalue weighted by Crippen LogP contribution is 2.19. The maximum atomic E-state index is 11.8. The number of amides is 1. The number of carbonyl (C=O) groups is 1. The zero-order valence-electron chi connectivity index (χ0n) is 10.5. The lowest BCUT2D eigenvalue weighted by Gasteiger charge is -2.18. The van der Waals surface area contributed by atoms with Crippen LogP contribution in [0.5, 0.6) is 0 Å². The van der Waals surface area contributed by atoms with E-state index in [0.717, 1.165) is 11.1 Å². The Morgan fingerprint density at radius 2 is 2.06 bits per heavy atom. The van der Waals surface area contributed by atoms with Gasteiger partial charge in [0.1, 0.15) is 0 Å². The molecule has 0 radical (unpaired) electrons. The largest absolute Gasteiger partial charge is 0.361 e. The van der Waals surface area contributed by atoms with Crippen molar-refractivity contribution in [3.8, 4) is 0 Å². The molecule has 0 aliphatic heterocycles. The van der Waals surface area contributed by atoms with Crippen LogP contribution in [0.15, 0.2) is 30.5 Å². The molecule has 0 aliphatic rings. The van der Waals surface area contributed by atoms with Crippen LogP contribution in [0.3, 0.4) is 0 Å². The molecule has 1 aromatic heterocycles. The molecule has 0 bridgehead atoms. The van der Waals surface area contributed by atoms with Crippen LogP contribution in [-0.2, 0) is 11.3 Å². The van der Waals surface area contributed by atoms with Gasteiger partial charge in [-0.1, -0.05) is 32.0 Å². The van der Waals surface area contributed by atoms with E-state index in [4.69, 9.17) is 0 Å². The molecule has 3 nitrogen and oxygen atoms in total. The van der Waals surface area contributed by atoms with Crippen molar-refractivity contribution < 1.29 is 4.79 Å². The lowest BCUT2D eigenvalue weighted by molar-refractivity contribution is -0.133. The Kier molecular flexibility index (Phi) is 3.18. The van der Waals surface area contributed by atoms with E-state index in [-0.39, 0.29) is 11.8 Å². The van der Waals surface area contributed by atoms with E-state index < -0.39 is 0 Å². The second-order valence-corrected chi connectivity index (χ2v) is 4.71. The maximum absolute atomic E-state index is 11.8.